The topological polar surface area (TPSA) is 34.9 Å². The molecule has 3 aromatic rings. The van der Waals surface area contributed by atoms with Gasteiger partial charge in [-0.25, -0.2) is 9.37 Å². The number of nitrogens with zero attached hydrogens (tertiary/aromatic N) is 2. The molecule has 27 heavy (non-hydrogen) atoms. The van der Waals surface area contributed by atoms with Crippen molar-refractivity contribution in [2.45, 2.75) is 22.2 Å². The molecule has 0 saturated carbocycles. The highest BCUT2D eigenvalue weighted by molar-refractivity contribution is 7.99. The quantitative estimate of drug-likeness (QED) is 0.391. The molecular formula is C19H13Cl2FN2OS2. The molecule has 0 atom stereocenters. The van der Waals surface area contributed by atoms with Crippen molar-refractivity contribution in [1.82, 2.24) is 9.55 Å². The molecule has 1 aliphatic rings. The molecule has 0 aliphatic carbocycles. The Hall–Kier alpha value is -1.47. The van der Waals surface area contributed by atoms with Crippen LogP contribution in [-0.4, -0.2) is 15.3 Å². The number of aromatic nitrogens is 2. The second-order valence-electron chi connectivity index (χ2n) is 5.87. The Morgan fingerprint density at radius 3 is 2.70 bits per heavy atom. The normalized spacial score (nSPS) is 13.0. The molecule has 2 heterocycles. The van der Waals surface area contributed by atoms with Gasteiger partial charge in [-0.2, -0.15) is 0 Å². The maximum Gasteiger partial charge on any atom is 0.272 e. The van der Waals surface area contributed by atoms with E-state index in [1.807, 2.05) is 0 Å². The van der Waals surface area contributed by atoms with Crippen LogP contribution in [0.1, 0.15) is 11.3 Å². The molecule has 0 amide bonds. The number of fused-ring (bicyclic) bond motifs is 1. The first-order valence-corrected chi connectivity index (χ1v) is 10.9. The van der Waals surface area contributed by atoms with Crippen molar-refractivity contribution in [3.05, 3.63) is 79.9 Å². The molecule has 1 aromatic heterocycles. The Kier molecular flexibility index (Phi) is 5.50. The zero-order valence-corrected chi connectivity index (χ0v) is 17.1. The second-order valence-corrected chi connectivity index (χ2v) is 8.77. The number of rotatable bonds is 4. The molecule has 138 valence electrons. The van der Waals surface area contributed by atoms with Gasteiger partial charge in [0.05, 0.1) is 16.3 Å². The average molecular weight is 439 g/mol. The fourth-order valence-corrected chi connectivity index (χ4v) is 5.34. The molecular weight excluding hydrogens is 426 g/mol. The summed E-state index contributed by atoms with van der Waals surface area (Å²) in [5.74, 6) is 0.746. The third-order valence-corrected chi connectivity index (χ3v) is 6.84. The number of hydrogen-bond donors (Lipinski definition) is 0. The summed E-state index contributed by atoms with van der Waals surface area (Å²) in [7, 11) is 0. The number of thioether (sulfide) groups is 2. The average Bonchev–Trinajstić information content (AvgIpc) is 3.11. The van der Waals surface area contributed by atoms with E-state index < -0.39 is 0 Å². The highest BCUT2D eigenvalue weighted by Gasteiger charge is 2.23. The van der Waals surface area contributed by atoms with E-state index in [1.165, 1.54) is 29.6 Å². The van der Waals surface area contributed by atoms with Crippen molar-refractivity contribution in [3.63, 3.8) is 0 Å². The predicted octanol–water partition coefficient (Wildman–Crippen LogP) is 5.62. The minimum absolute atomic E-state index is 0.105. The molecule has 0 N–H and O–H groups in total. The van der Waals surface area contributed by atoms with Crippen LogP contribution in [0.3, 0.4) is 0 Å². The van der Waals surface area contributed by atoms with Crippen molar-refractivity contribution in [2.75, 3.05) is 5.75 Å². The molecule has 2 aromatic carbocycles. The fraction of sp³-hybridized carbons (Fsp3) is 0.158. The Labute approximate surface area is 173 Å². The van der Waals surface area contributed by atoms with Crippen molar-refractivity contribution in [2.24, 2.45) is 0 Å². The van der Waals surface area contributed by atoms with E-state index in [9.17, 15) is 9.18 Å². The molecule has 0 spiro atoms. The second kappa shape index (κ2) is 7.87. The summed E-state index contributed by atoms with van der Waals surface area (Å²) in [6.45, 7) is 0. The molecule has 1 aliphatic heterocycles. The van der Waals surface area contributed by atoms with E-state index in [4.69, 9.17) is 28.2 Å². The highest BCUT2D eigenvalue weighted by Crippen LogP contribution is 2.32. The van der Waals surface area contributed by atoms with Gasteiger partial charge in [-0.1, -0.05) is 41.0 Å². The van der Waals surface area contributed by atoms with Gasteiger partial charge in [0.25, 0.3) is 5.56 Å². The molecule has 3 nitrogen and oxygen atoms in total. The zero-order chi connectivity index (χ0) is 19.0. The number of benzene rings is 2. The summed E-state index contributed by atoms with van der Waals surface area (Å²) >= 11 is 14.9. The van der Waals surface area contributed by atoms with Crippen LogP contribution >= 0.6 is 46.7 Å². The summed E-state index contributed by atoms with van der Waals surface area (Å²) in [6.07, 6.45) is 0.755. The van der Waals surface area contributed by atoms with Gasteiger partial charge in [-0.15, -0.1) is 11.8 Å². The van der Waals surface area contributed by atoms with Crippen LogP contribution in [0.2, 0.25) is 10.0 Å². The Morgan fingerprint density at radius 2 is 1.96 bits per heavy atom. The van der Waals surface area contributed by atoms with E-state index in [1.54, 1.807) is 41.0 Å². The maximum absolute atomic E-state index is 14.1. The van der Waals surface area contributed by atoms with Gasteiger partial charge < -0.3 is 0 Å². The third-order valence-electron chi connectivity index (χ3n) is 4.16. The van der Waals surface area contributed by atoms with Crippen molar-refractivity contribution < 1.29 is 4.39 Å². The lowest BCUT2D eigenvalue weighted by Crippen LogP contribution is -2.23. The lowest BCUT2D eigenvalue weighted by Gasteiger charge is -2.14. The highest BCUT2D eigenvalue weighted by atomic mass is 35.5. The largest absolute Gasteiger partial charge is 0.272 e. The van der Waals surface area contributed by atoms with Gasteiger partial charge in [-0.05, 0) is 36.4 Å². The Bertz CT molecular complexity index is 1050. The van der Waals surface area contributed by atoms with Gasteiger partial charge >= 0.3 is 0 Å². The first-order valence-electron chi connectivity index (χ1n) is 8.15. The molecule has 0 bridgehead atoms. The minimum Gasteiger partial charge on any atom is -0.268 e. The number of halogens is 3. The molecule has 0 unspecified atom stereocenters. The smallest absolute Gasteiger partial charge is 0.268 e. The van der Waals surface area contributed by atoms with E-state index in [-0.39, 0.29) is 17.1 Å². The zero-order valence-electron chi connectivity index (χ0n) is 13.9. The van der Waals surface area contributed by atoms with E-state index >= 15 is 0 Å². The van der Waals surface area contributed by atoms with Gasteiger partial charge in [-0.3, -0.25) is 9.36 Å². The van der Waals surface area contributed by atoms with Gasteiger partial charge in [0.1, 0.15) is 5.82 Å². The van der Waals surface area contributed by atoms with Crippen LogP contribution in [0.25, 0.3) is 5.69 Å². The van der Waals surface area contributed by atoms with E-state index in [0.717, 1.165) is 17.9 Å². The lowest BCUT2D eigenvalue weighted by molar-refractivity contribution is 0.617. The van der Waals surface area contributed by atoms with Crippen LogP contribution in [0.5, 0.6) is 0 Å². The standard InChI is InChI=1S/C19H13Cl2FN2OS2/c20-11-4-6-12(7-5-11)24-18(25)17-16(8-9-26-17)23-19(24)27-10-13-14(21)2-1-3-15(13)22/h1-7H,8-10H2. The Balaban J connectivity index is 1.78. The number of hydrogen-bond acceptors (Lipinski definition) is 4. The first-order chi connectivity index (χ1) is 13.0. The van der Waals surface area contributed by atoms with Crippen molar-refractivity contribution in [3.8, 4) is 5.69 Å². The lowest BCUT2D eigenvalue weighted by atomic mass is 10.2. The molecule has 8 heteroatoms. The summed E-state index contributed by atoms with van der Waals surface area (Å²) in [5.41, 5.74) is 1.77. The van der Waals surface area contributed by atoms with Crippen LogP contribution in [-0.2, 0) is 12.2 Å². The molecule has 0 fully saturated rings. The number of aryl methyl sites for hydroxylation is 1. The monoisotopic (exact) mass is 438 g/mol. The molecule has 4 rings (SSSR count). The third kappa shape index (κ3) is 3.76. The summed E-state index contributed by atoms with van der Waals surface area (Å²) in [6, 6.07) is 11.6. The summed E-state index contributed by atoms with van der Waals surface area (Å²) in [5, 5.41) is 1.46. The van der Waals surface area contributed by atoms with Gasteiger partial charge in [0, 0.05) is 33.5 Å². The molecule has 0 saturated heterocycles. The SMILES string of the molecule is O=c1c2c(nc(SCc3c(F)cccc3Cl)n1-c1ccc(Cl)cc1)CCS2. The molecule has 0 radical (unpaired) electrons. The van der Waals surface area contributed by atoms with E-state index in [2.05, 4.69) is 0 Å². The van der Waals surface area contributed by atoms with Crippen LogP contribution in [0.15, 0.2) is 57.3 Å². The van der Waals surface area contributed by atoms with Crippen molar-refractivity contribution in [1.29, 1.82) is 0 Å². The summed E-state index contributed by atoms with van der Waals surface area (Å²) < 4.78 is 15.7. The van der Waals surface area contributed by atoms with E-state index in [0.29, 0.717) is 31.3 Å². The first kappa shape index (κ1) is 18.9. The van der Waals surface area contributed by atoms with Crippen molar-refractivity contribution >= 4 is 46.7 Å². The van der Waals surface area contributed by atoms with Gasteiger partial charge in [0.2, 0.25) is 0 Å². The predicted molar refractivity (Wildman–Crippen MR) is 110 cm³/mol. The maximum atomic E-state index is 14.1. The van der Waals surface area contributed by atoms with Gasteiger partial charge in [0.15, 0.2) is 5.16 Å². The fourth-order valence-electron chi connectivity index (χ4n) is 2.81. The van der Waals surface area contributed by atoms with Crippen LogP contribution < -0.4 is 5.56 Å². The Morgan fingerprint density at radius 1 is 1.19 bits per heavy atom. The van der Waals surface area contributed by atoms with Crippen LogP contribution in [0, 0.1) is 5.82 Å². The summed E-state index contributed by atoms with van der Waals surface area (Å²) in [4.78, 5) is 18.4. The van der Waals surface area contributed by atoms with Crippen LogP contribution in [0.4, 0.5) is 4.39 Å². The minimum atomic E-state index is -0.368.